The molecule has 15 heteroatoms. The van der Waals surface area contributed by atoms with Crippen molar-refractivity contribution in [2.75, 3.05) is 19.7 Å². The van der Waals surface area contributed by atoms with Gasteiger partial charge in [-0.1, -0.05) is 0 Å². The maximum atomic E-state index is 12.8. The molecule has 196 valence electrons. The van der Waals surface area contributed by atoms with Crippen molar-refractivity contribution in [2.24, 2.45) is 27.9 Å². The highest BCUT2D eigenvalue weighted by Crippen LogP contribution is 2.05. The molecule has 0 aromatic rings. The van der Waals surface area contributed by atoms with Crippen LogP contribution < -0.4 is 38.9 Å². The van der Waals surface area contributed by atoms with Gasteiger partial charge < -0.3 is 54.2 Å². The summed E-state index contributed by atoms with van der Waals surface area (Å²) in [6, 6.07) is -5.19. The van der Waals surface area contributed by atoms with Gasteiger partial charge in [-0.2, -0.15) is 0 Å². The highest BCUT2D eigenvalue weighted by molar-refractivity contribution is 5.94. The van der Waals surface area contributed by atoms with Crippen molar-refractivity contribution in [3.8, 4) is 0 Å². The van der Waals surface area contributed by atoms with Gasteiger partial charge in [-0.05, 0) is 45.6 Å². The number of unbranched alkanes of at least 4 members (excludes halogenated alkanes) is 1. The van der Waals surface area contributed by atoms with E-state index in [1.807, 2.05) is 0 Å². The Morgan fingerprint density at radius 2 is 1.41 bits per heavy atom. The van der Waals surface area contributed by atoms with Crippen molar-refractivity contribution < 1.29 is 34.5 Å². The molecular weight excluding hydrogens is 452 g/mol. The van der Waals surface area contributed by atoms with E-state index >= 15 is 0 Å². The molecule has 5 unspecified atom stereocenters. The third-order valence-corrected chi connectivity index (χ3v) is 4.78. The van der Waals surface area contributed by atoms with Crippen LogP contribution in [0.15, 0.2) is 4.99 Å². The number of aliphatic hydroxyl groups excluding tert-OH is 2. The van der Waals surface area contributed by atoms with Crippen molar-refractivity contribution in [2.45, 2.75) is 69.3 Å². The summed E-state index contributed by atoms with van der Waals surface area (Å²) in [6.07, 6.45) is 0.241. The number of amides is 3. The third kappa shape index (κ3) is 12.3. The molecule has 15 nitrogen and oxygen atoms in total. The molecule has 0 rings (SSSR count). The average Bonchev–Trinajstić information content (AvgIpc) is 2.77. The minimum Gasteiger partial charge on any atom is -0.480 e. The van der Waals surface area contributed by atoms with Gasteiger partial charge in [-0.25, -0.2) is 4.79 Å². The molecule has 0 radical (unpaired) electrons. The summed E-state index contributed by atoms with van der Waals surface area (Å²) >= 11 is 0. The smallest absolute Gasteiger partial charge is 0.326 e. The van der Waals surface area contributed by atoms with E-state index in [0.29, 0.717) is 19.4 Å². The van der Waals surface area contributed by atoms with E-state index in [-0.39, 0.29) is 31.8 Å². The topological polar surface area (TPSA) is 282 Å². The molecule has 0 aliphatic heterocycles. The molecule has 0 saturated carbocycles. The molecule has 14 N–H and O–H groups in total. The van der Waals surface area contributed by atoms with E-state index in [9.17, 15) is 34.5 Å². The Morgan fingerprint density at radius 1 is 0.882 bits per heavy atom. The molecule has 0 fully saturated rings. The highest BCUT2D eigenvalue weighted by atomic mass is 16.4. The molecular formula is C19H38N8O7. The zero-order valence-corrected chi connectivity index (χ0v) is 19.3. The van der Waals surface area contributed by atoms with Crippen LogP contribution in [0.25, 0.3) is 0 Å². The highest BCUT2D eigenvalue weighted by Gasteiger charge is 2.30. The predicted octanol–water partition coefficient (Wildman–Crippen LogP) is -4.59. The Morgan fingerprint density at radius 3 is 1.91 bits per heavy atom. The van der Waals surface area contributed by atoms with Crippen molar-refractivity contribution in [1.29, 1.82) is 0 Å². The molecule has 0 bridgehead atoms. The third-order valence-electron chi connectivity index (χ3n) is 4.78. The van der Waals surface area contributed by atoms with Crippen LogP contribution in [-0.4, -0.2) is 94.9 Å². The summed E-state index contributed by atoms with van der Waals surface area (Å²) in [6.45, 7) is 0.999. The zero-order valence-electron chi connectivity index (χ0n) is 19.3. The first-order valence-electron chi connectivity index (χ1n) is 10.9. The fourth-order valence-corrected chi connectivity index (χ4v) is 2.75. The van der Waals surface area contributed by atoms with Crippen molar-refractivity contribution in [1.82, 2.24) is 16.0 Å². The van der Waals surface area contributed by atoms with Crippen LogP contribution in [0.1, 0.15) is 39.0 Å². The molecule has 0 aromatic heterocycles. The number of guanidine groups is 1. The molecule has 0 spiro atoms. The SMILES string of the molecule is CC(O)C(N)C(=O)NC(CO)C(=O)NC(CCCCN)C(=O)NC(CCCN=C(N)N)C(=O)O. The van der Waals surface area contributed by atoms with Crippen LogP contribution in [0.4, 0.5) is 0 Å². The quantitative estimate of drug-likeness (QED) is 0.0525. The van der Waals surface area contributed by atoms with E-state index in [1.165, 1.54) is 6.92 Å². The second kappa shape index (κ2) is 16.6. The van der Waals surface area contributed by atoms with Crippen LogP contribution in [0, 0.1) is 0 Å². The van der Waals surface area contributed by atoms with Crippen LogP contribution in [0.3, 0.4) is 0 Å². The second-order valence-corrected chi connectivity index (χ2v) is 7.70. The summed E-state index contributed by atoms with van der Waals surface area (Å²) in [5, 5.41) is 35.3. The molecule has 0 aliphatic carbocycles. The van der Waals surface area contributed by atoms with Gasteiger partial charge in [0.1, 0.15) is 24.2 Å². The number of rotatable bonds is 17. The number of carbonyl (C=O) groups excluding carboxylic acids is 3. The summed E-state index contributed by atoms with van der Waals surface area (Å²) in [7, 11) is 0. The summed E-state index contributed by atoms with van der Waals surface area (Å²) in [5.74, 6) is -3.94. The first-order valence-corrected chi connectivity index (χ1v) is 10.9. The van der Waals surface area contributed by atoms with Gasteiger partial charge in [0, 0.05) is 6.54 Å². The van der Waals surface area contributed by atoms with E-state index in [1.54, 1.807) is 0 Å². The Labute approximate surface area is 197 Å². The second-order valence-electron chi connectivity index (χ2n) is 7.70. The van der Waals surface area contributed by atoms with Crippen LogP contribution in [-0.2, 0) is 19.2 Å². The number of nitrogens with two attached hydrogens (primary N) is 4. The van der Waals surface area contributed by atoms with Gasteiger partial charge in [-0.3, -0.25) is 19.4 Å². The van der Waals surface area contributed by atoms with Crippen molar-refractivity contribution in [3.05, 3.63) is 0 Å². The number of hydrogen-bond donors (Lipinski definition) is 10. The van der Waals surface area contributed by atoms with E-state index in [0.717, 1.165) is 0 Å². The van der Waals surface area contributed by atoms with Crippen LogP contribution in [0.5, 0.6) is 0 Å². The Bertz CT molecular complexity index is 700. The van der Waals surface area contributed by atoms with Gasteiger partial charge in [-0.15, -0.1) is 0 Å². The normalized spacial score (nSPS) is 15.2. The van der Waals surface area contributed by atoms with Crippen LogP contribution >= 0.6 is 0 Å². The number of carboxylic acids is 1. The van der Waals surface area contributed by atoms with Gasteiger partial charge in [0.25, 0.3) is 0 Å². The number of aliphatic carboxylic acids is 1. The molecule has 34 heavy (non-hydrogen) atoms. The fourth-order valence-electron chi connectivity index (χ4n) is 2.75. The molecule has 0 aromatic carbocycles. The van der Waals surface area contributed by atoms with Crippen LogP contribution in [0.2, 0.25) is 0 Å². The van der Waals surface area contributed by atoms with E-state index in [2.05, 4.69) is 20.9 Å². The summed E-state index contributed by atoms with van der Waals surface area (Å²) in [5.41, 5.74) is 21.4. The first kappa shape index (κ1) is 31.0. The van der Waals surface area contributed by atoms with Crippen molar-refractivity contribution in [3.63, 3.8) is 0 Å². The fraction of sp³-hybridized carbons (Fsp3) is 0.737. The largest absolute Gasteiger partial charge is 0.480 e. The summed E-state index contributed by atoms with van der Waals surface area (Å²) in [4.78, 5) is 52.7. The molecule has 0 heterocycles. The standard InChI is InChI=1S/C19H38N8O7/c1-10(29)14(21)17(32)27-13(9-28)16(31)25-11(5-2-3-7-20)15(30)26-12(18(33)34)6-4-8-24-19(22)23/h10-14,28-29H,2-9,20-21H2,1H3,(H,25,31)(H,26,30)(H,27,32)(H,33,34)(H4,22,23,24). The minimum absolute atomic E-state index is 0.0356. The Kier molecular flexibility index (Phi) is 15.1. The van der Waals surface area contributed by atoms with Gasteiger partial charge in [0.15, 0.2) is 5.96 Å². The number of carboxylic acid groups (broad SMARTS) is 1. The maximum absolute atomic E-state index is 12.8. The lowest BCUT2D eigenvalue weighted by Crippen LogP contribution is -2.59. The minimum atomic E-state index is -1.45. The van der Waals surface area contributed by atoms with E-state index < -0.39 is 60.6 Å². The predicted molar refractivity (Wildman–Crippen MR) is 123 cm³/mol. The average molecular weight is 491 g/mol. The molecule has 0 aliphatic rings. The zero-order chi connectivity index (χ0) is 26.3. The molecule has 0 saturated heterocycles. The Balaban J connectivity index is 5.28. The van der Waals surface area contributed by atoms with E-state index in [4.69, 9.17) is 22.9 Å². The lowest BCUT2D eigenvalue weighted by atomic mass is 10.1. The summed E-state index contributed by atoms with van der Waals surface area (Å²) < 4.78 is 0. The lowest BCUT2D eigenvalue weighted by Gasteiger charge is -2.24. The van der Waals surface area contributed by atoms with Gasteiger partial charge >= 0.3 is 5.97 Å². The number of aliphatic imine (C=N–C) groups is 1. The maximum Gasteiger partial charge on any atom is 0.326 e. The number of aliphatic hydroxyl groups is 2. The molecule has 3 amide bonds. The van der Waals surface area contributed by atoms with Crippen molar-refractivity contribution >= 4 is 29.7 Å². The number of nitrogens with zero attached hydrogens (tertiary/aromatic N) is 1. The lowest BCUT2D eigenvalue weighted by molar-refractivity contribution is -0.142. The number of hydrogen-bond acceptors (Lipinski definition) is 9. The molecule has 5 atom stereocenters. The first-order chi connectivity index (χ1) is 15.9. The number of carbonyl (C=O) groups is 4. The van der Waals surface area contributed by atoms with Gasteiger partial charge in [0.05, 0.1) is 12.7 Å². The number of nitrogens with one attached hydrogen (secondary N) is 3. The monoisotopic (exact) mass is 490 g/mol. The van der Waals surface area contributed by atoms with Gasteiger partial charge in [0.2, 0.25) is 17.7 Å². The Hall–Kier alpha value is -3.01.